The number of rotatable bonds is 4. The molecule has 1 aliphatic heterocycles. The fourth-order valence-corrected chi connectivity index (χ4v) is 2.48. The number of ether oxygens (including phenoxy) is 1. The van der Waals surface area contributed by atoms with Crippen LogP contribution in [0.1, 0.15) is 45.1 Å². The number of hydrogen-bond acceptors (Lipinski definition) is 2. The fourth-order valence-electron chi connectivity index (χ4n) is 2.48. The number of urea groups is 1. The summed E-state index contributed by atoms with van der Waals surface area (Å²) >= 11 is 0. The lowest BCUT2D eigenvalue weighted by molar-refractivity contribution is 0.0657. The number of benzene rings is 1. The van der Waals surface area contributed by atoms with Gasteiger partial charge in [-0.25, -0.2) is 4.79 Å². The molecule has 1 aliphatic rings. The van der Waals surface area contributed by atoms with Gasteiger partial charge in [-0.2, -0.15) is 0 Å². The van der Waals surface area contributed by atoms with Crippen LogP contribution in [0, 0.1) is 0 Å². The maximum absolute atomic E-state index is 12.3. The lowest BCUT2D eigenvalue weighted by Gasteiger charge is -2.21. The molecule has 1 saturated heterocycles. The number of nitrogens with one attached hydrogen (secondary N) is 1. The van der Waals surface area contributed by atoms with Crippen LogP contribution in [0.2, 0.25) is 0 Å². The second kappa shape index (κ2) is 8.03. The minimum Gasteiger partial charge on any atom is -0.374 e. The molecule has 116 valence electrons. The van der Waals surface area contributed by atoms with Gasteiger partial charge >= 0.3 is 6.03 Å². The van der Waals surface area contributed by atoms with Gasteiger partial charge in [0, 0.05) is 18.8 Å². The summed E-state index contributed by atoms with van der Waals surface area (Å²) in [7, 11) is 0. The van der Waals surface area contributed by atoms with Gasteiger partial charge in [0.15, 0.2) is 0 Å². The van der Waals surface area contributed by atoms with Crippen molar-refractivity contribution in [2.45, 2.75) is 52.2 Å². The van der Waals surface area contributed by atoms with Gasteiger partial charge in [0.1, 0.15) is 0 Å². The van der Waals surface area contributed by atoms with Crippen molar-refractivity contribution in [1.29, 1.82) is 0 Å². The highest BCUT2D eigenvalue weighted by Gasteiger charge is 2.15. The molecule has 0 unspecified atom stereocenters. The van der Waals surface area contributed by atoms with Gasteiger partial charge in [-0.3, -0.25) is 0 Å². The summed E-state index contributed by atoms with van der Waals surface area (Å²) < 4.78 is 5.60. The van der Waals surface area contributed by atoms with E-state index in [-0.39, 0.29) is 12.1 Å². The molecule has 0 radical (unpaired) electrons. The van der Waals surface area contributed by atoms with Gasteiger partial charge in [-0.05, 0) is 44.4 Å². The number of nitrogens with zero attached hydrogens (tertiary/aromatic N) is 1. The van der Waals surface area contributed by atoms with E-state index in [9.17, 15) is 4.79 Å². The lowest BCUT2D eigenvalue weighted by atomic mass is 10.2. The predicted molar refractivity (Wildman–Crippen MR) is 85.4 cm³/mol. The van der Waals surface area contributed by atoms with Crippen LogP contribution in [0.3, 0.4) is 0 Å². The first kappa shape index (κ1) is 15.8. The Kier molecular flexibility index (Phi) is 6.05. The van der Waals surface area contributed by atoms with E-state index in [1.54, 1.807) is 0 Å². The summed E-state index contributed by atoms with van der Waals surface area (Å²) in [5, 5.41) is 3.00. The van der Waals surface area contributed by atoms with Crippen LogP contribution >= 0.6 is 0 Å². The van der Waals surface area contributed by atoms with Gasteiger partial charge in [0.05, 0.1) is 12.7 Å². The van der Waals surface area contributed by atoms with Crippen molar-refractivity contribution in [1.82, 2.24) is 4.90 Å². The summed E-state index contributed by atoms with van der Waals surface area (Å²) in [6, 6.07) is 7.90. The molecule has 1 heterocycles. The SMILES string of the molecule is CC(C)OCc1cccc(NC(=O)N2CCCCCC2)c1. The van der Waals surface area contributed by atoms with Crippen LogP contribution in [0.25, 0.3) is 0 Å². The lowest BCUT2D eigenvalue weighted by Crippen LogP contribution is -2.35. The molecule has 0 bridgehead atoms. The molecule has 4 nitrogen and oxygen atoms in total. The second-order valence-corrected chi connectivity index (χ2v) is 5.89. The van der Waals surface area contributed by atoms with Gasteiger partial charge in [0.2, 0.25) is 0 Å². The fraction of sp³-hybridized carbons (Fsp3) is 0.588. The summed E-state index contributed by atoms with van der Waals surface area (Å²) in [6.45, 7) is 6.34. The van der Waals surface area contributed by atoms with Crippen LogP contribution in [0.5, 0.6) is 0 Å². The molecular weight excluding hydrogens is 264 g/mol. The highest BCUT2D eigenvalue weighted by atomic mass is 16.5. The van der Waals surface area contributed by atoms with E-state index in [1.807, 2.05) is 43.0 Å². The van der Waals surface area contributed by atoms with Crippen LogP contribution in [-0.2, 0) is 11.3 Å². The first-order valence-corrected chi connectivity index (χ1v) is 7.91. The van der Waals surface area contributed by atoms with E-state index >= 15 is 0 Å². The van der Waals surface area contributed by atoms with E-state index in [0.29, 0.717) is 6.61 Å². The van der Waals surface area contributed by atoms with Crippen molar-refractivity contribution in [2.24, 2.45) is 0 Å². The summed E-state index contributed by atoms with van der Waals surface area (Å²) in [5.41, 5.74) is 1.92. The Morgan fingerprint density at radius 2 is 1.95 bits per heavy atom. The minimum absolute atomic E-state index is 0.0128. The maximum atomic E-state index is 12.3. The molecule has 2 amide bonds. The van der Waals surface area contributed by atoms with Crippen molar-refractivity contribution in [3.63, 3.8) is 0 Å². The zero-order valence-electron chi connectivity index (χ0n) is 13.1. The summed E-state index contributed by atoms with van der Waals surface area (Å²) in [6.07, 6.45) is 4.88. The molecule has 21 heavy (non-hydrogen) atoms. The Balaban J connectivity index is 1.92. The molecule has 0 saturated carbocycles. The Hall–Kier alpha value is -1.55. The number of hydrogen-bond donors (Lipinski definition) is 1. The molecule has 4 heteroatoms. The van der Waals surface area contributed by atoms with E-state index in [0.717, 1.165) is 37.2 Å². The van der Waals surface area contributed by atoms with Crippen LogP contribution in [0.15, 0.2) is 24.3 Å². The number of amides is 2. The maximum Gasteiger partial charge on any atom is 0.321 e. The topological polar surface area (TPSA) is 41.6 Å². The third kappa shape index (κ3) is 5.38. The molecule has 0 aromatic heterocycles. The van der Waals surface area contributed by atoms with E-state index in [2.05, 4.69) is 5.32 Å². The number of carbonyl (C=O) groups excluding carboxylic acids is 1. The Labute approximate surface area is 127 Å². The highest BCUT2D eigenvalue weighted by molar-refractivity contribution is 5.89. The molecule has 0 atom stereocenters. The molecule has 0 spiro atoms. The van der Waals surface area contributed by atoms with Crippen LogP contribution in [0.4, 0.5) is 10.5 Å². The third-order valence-corrected chi connectivity index (χ3v) is 3.65. The summed E-state index contributed by atoms with van der Waals surface area (Å²) in [5.74, 6) is 0. The first-order valence-electron chi connectivity index (χ1n) is 7.91. The Bertz CT molecular complexity index is 452. The van der Waals surface area contributed by atoms with Crippen LogP contribution in [-0.4, -0.2) is 30.1 Å². The molecule has 1 N–H and O–H groups in total. The predicted octanol–water partition coefficient (Wildman–Crippen LogP) is 4.02. The molecule has 2 rings (SSSR count). The molecule has 0 aliphatic carbocycles. The van der Waals surface area contributed by atoms with Crippen molar-refractivity contribution >= 4 is 11.7 Å². The number of anilines is 1. The van der Waals surface area contributed by atoms with Crippen molar-refractivity contribution < 1.29 is 9.53 Å². The molecule has 1 aromatic rings. The van der Waals surface area contributed by atoms with Gasteiger partial charge in [-0.1, -0.05) is 25.0 Å². The smallest absolute Gasteiger partial charge is 0.321 e. The normalized spacial score (nSPS) is 15.9. The average Bonchev–Trinajstić information content (AvgIpc) is 2.74. The van der Waals surface area contributed by atoms with Gasteiger partial charge in [-0.15, -0.1) is 0 Å². The largest absolute Gasteiger partial charge is 0.374 e. The minimum atomic E-state index is 0.0128. The van der Waals surface area contributed by atoms with Gasteiger partial charge in [0.25, 0.3) is 0 Å². The molecular formula is C17H26N2O2. The summed E-state index contributed by atoms with van der Waals surface area (Å²) in [4.78, 5) is 14.2. The number of carbonyl (C=O) groups is 1. The van der Waals surface area contributed by atoms with E-state index in [4.69, 9.17) is 4.74 Å². The van der Waals surface area contributed by atoms with Gasteiger partial charge < -0.3 is 15.0 Å². The van der Waals surface area contributed by atoms with Crippen LogP contribution < -0.4 is 5.32 Å². The second-order valence-electron chi connectivity index (χ2n) is 5.89. The quantitative estimate of drug-likeness (QED) is 0.910. The Morgan fingerprint density at radius 1 is 1.24 bits per heavy atom. The average molecular weight is 290 g/mol. The number of likely N-dealkylation sites (tertiary alicyclic amines) is 1. The van der Waals surface area contributed by atoms with Crippen molar-refractivity contribution in [3.05, 3.63) is 29.8 Å². The standard InChI is InChI=1S/C17H26N2O2/c1-14(2)21-13-15-8-7-9-16(12-15)18-17(20)19-10-5-3-4-6-11-19/h7-9,12,14H,3-6,10-11,13H2,1-2H3,(H,18,20). The molecule has 1 fully saturated rings. The highest BCUT2D eigenvalue weighted by Crippen LogP contribution is 2.15. The van der Waals surface area contributed by atoms with E-state index < -0.39 is 0 Å². The zero-order valence-corrected chi connectivity index (χ0v) is 13.1. The zero-order chi connectivity index (χ0) is 15.1. The van der Waals surface area contributed by atoms with Crippen molar-refractivity contribution in [2.75, 3.05) is 18.4 Å². The van der Waals surface area contributed by atoms with Crippen molar-refractivity contribution in [3.8, 4) is 0 Å². The Morgan fingerprint density at radius 3 is 2.62 bits per heavy atom. The monoisotopic (exact) mass is 290 g/mol. The molecule has 1 aromatic carbocycles. The third-order valence-electron chi connectivity index (χ3n) is 3.65. The van der Waals surface area contributed by atoms with E-state index in [1.165, 1.54) is 12.8 Å². The first-order chi connectivity index (χ1) is 10.1.